The van der Waals surface area contributed by atoms with Crippen LogP contribution in [0.5, 0.6) is 0 Å². The average Bonchev–Trinajstić information content (AvgIpc) is 1.84. The van der Waals surface area contributed by atoms with Gasteiger partial charge in [0.2, 0.25) is 0 Å². The van der Waals surface area contributed by atoms with Crippen molar-refractivity contribution in [3.8, 4) is 0 Å². The van der Waals surface area contributed by atoms with Gasteiger partial charge in [0.05, 0.1) is 36.4 Å². The molecule has 89 heavy (non-hydrogen) atoms. The van der Waals surface area contributed by atoms with E-state index in [0.717, 1.165) is 165 Å². The molecule has 15 rings (SSSR count). The van der Waals surface area contributed by atoms with Gasteiger partial charge >= 0.3 is 0 Å². The molecule has 0 aromatic carbocycles. The zero-order chi connectivity index (χ0) is 62.4. The molecule has 0 radical (unpaired) electrons. The Morgan fingerprint density at radius 3 is 1.19 bits per heavy atom. The summed E-state index contributed by atoms with van der Waals surface area (Å²) < 4.78 is 1.91. The van der Waals surface area contributed by atoms with Gasteiger partial charge in [0.15, 0.2) is 12.2 Å². The van der Waals surface area contributed by atoms with Crippen molar-refractivity contribution in [2.24, 2.45) is 123 Å². The van der Waals surface area contributed by atoms with Crippen LogP contribution in [0.4, 0.5) is 0 Å². The summed E-state index contributed by atoms with van der Waals surface area (Å²) in [6.07, 6.45) is 38.6. The van der Waals surface area contributed by atoms with Crippen LogP contribution in [0.3, 0.4) is 0 Å². The number of hydrogen-bond acceptors (Lipinski definition) is 12. The Hall–Kier alpha value is -3.69. The molecule has 0 bridgehead atoms. The third-order valence-corrected chi connectivity index (χ3v) is 30.5. The fourth-order valence-corrected chi connectivity index (χ4v) is 25.8. The molecule has 3 aromatic heterocycles. The van der Waals surface area contributed by atoms with Crippen molar-refractivity contribution in [2.75, 3.05) is 0 Å². The average molecular weight is 1220 g/mol. The Kier molecular flexibility index (Phi) is 17.9. The van der Waals surface area contributed by atoms with Crippen LogP contribution >= 0.6 is 0 Å². The number of rotatable bonds is 12. The van der Waals surface area contributed by atoms with Gasteiger partial charge in [-0.15, -0.1) is 25.5 Å². The van der Waals surface area contributed by atoms with Crippen LogP contribution in [-0.2, 0) is 19.6 Å². The maximum Gasteiger partial charge on any atom is 0.171 e. The quantitative estimate of drug-likeness (QED) is 0.146. The fraction of sp³-hybridized carbons (Fsp3) is 0.878. The molecule has 0 unspecified atom stereocenters. The van der Waals surface area contributed by atoms with Crippen LogP contribution in [-0.4, -0.2) is 92.7 Å². The highest BCUT2D eigenvalue weighted by Crippen LogP contribution is 2.69. The molecule has 12 aliphatic carbocycles. The standard InChI is InChI=1S/2C25H40N4O.C24H38N4O/c1-5-25(30)13-11-19-18(14-25)6-7-21-20(19)10-12-24(4)22(8-9-23(21)24)16(2)15-29-17(3)26-27-28-29;1-5-25(30)13-11-19-18(14-25)6-7-21-20(19)10-12-24(4)22(8-9-23(21)24)16(2)15-29-27-17(3)26-28-29;1-4-24(29)12-10-18-17(13-24)5-6-20-19(18)9-11-23(3)21(7-8-22(20)23)16(2)14-28-26-15-25-27-28/h2*18-23,30H,2,5-15H2,1,3-4H3;15,17-22,29H,2,4-14H2,1,3H3/t2*18-,19-,20+,21+,22+,23-,24+,25+;17-,18-,19+,20+,21+,22-,23+,24+/m000/s1. The van der Waals surface area contributed by atoms with Gasteiger partial charge in [-0.05, 0) is 350 Å². The summed E-state index contributed by atoms with van der Waals surface area (Å²) in [6, 6.07) is 0. The molecule has 15 heteroatoms. The number of aliphatic hydroxyl groups is 3. The summed E-state index contributed by atoms with van der Waals surface area (Å²) in [7, 11) is 0. The second-order valence-corrected chi connectivity index (χ2v) is 34.0. The van der Waals surface area contributed by atoms with Crippen LogP contribution in [0.15, 0.2) is 42.8 Å². The minimum atomic E-state index is -0.374. The third-order valence-electron chi connectivity index (χ3n) is 30.5. The number of nitrogens with zero attached hydrogens (tertiary/aromatic N) is 12. The molecule has 0 aliphatic heterocycles. The van der Waals surface area contributed by atoms with Gasteiger partial charge < -0.3 is 15.3 Å². The van der Waals surface area contributed by atoms with Crippen molar-refractivity contribution in [1.82, 2.24) is 60.6 Å². The molecule has 0 amide bonds. The Morgan fingerprint density at radius 2 is 0.843 bits per heavy atom. The van der Waals surface area contributed by atoms with E-state index in [9.17, 15) is 15.3 Å². The molecule has 12 fully saturated rings. The van der Waals surface area contributed by atoms with Crippen molar-refractivity contribution in [2.45, 2.75) is 284 Å². The number of tetrazole rings is 3. The fourth-order valence-electron chi connectivity index (χ4n) is 25.8. The predicted molar refractivity (Wildman–Crippen MR) is 348 cm³/mol. The van der Waals surface area contributed by atoms with Crippen LogP contribution in [0.2, 0.25) is 0 Å². The lowest BCUT2D eigenvalue weighted by molar-refractivity contribution is -0.105. The van der Waals surface area contributed by atoms with E-state index in [1.807, 2.05) is 18.5 Å². The molecule has 0 spiro atoms. The largest absolute Gasteiger partial charge is 0.390 e. The second kappa shape index (κ2) is 24.9. The summed E-state index contributed by atoms with van der Waals surface area (Å²) in [5, 5.41) is 69.4. The topological polar surface area (TPSA) is 191 Å². The number of hydrogen-bond donors (Lipinski definition) is 3. The van der Waals surface area contributed by atoms with Gasteiger partial charge in [-0.2, -0.15) is 9.59 Å². The highest BCUT2D eigenvalue weighted by atomic mass is 16.3. The Morgan fingerprint density at radius 1 is 0.449 bits per heavy atom. The van der Waals surface area contributed by atoms with Gasteiger partial charge in [-0.1, -0.05) is 78.0 Å². The summed E-state index contributed by atoms with van der Waals surface area (Å²) in [4.78, 5) is 3.41. The van der Waals surface area contributed by atoms with E-state index in [4.69, 9.17) is 0 Å². The second-order valence-electron chi connectivity index (χ2n) is 34.0. The van der Waals surface area contributed by atoms with E-state index in [-0.39, 0.29) is 16.8 Å². The third kappa shape index (κ3) is 11.8. The van der Waals surface area contributed by atoms with E-state index < -0.39 is 0 Å². The summed E-state index contributed by atoms with van der Waals surface area (Å²) in [5.41, 5.74) is 3.98. The SMILES string of the molecule is C=C(Cn1ncnn1)[C@H]1CC[C@H]2[C@@H]3CC[C@H]4C[C@@](O)(CC)CC[C@@H]4[C@H]3CC[C@]12C.C=C(Cn1nnc(C)n1)[C@H]1CC[C@H]2[C@@H]3CC[C@H]4C[C@@](O)(CC)CC[C@@H]4[C@H]3CC[C@]12C.C=C(Cn1nnnc1C)[C@H]1CC[C@H]2[C@@H]3CC[C@H]4C[C@@](O)(CC)CC[C@@H]4[C@H]3CC[C@]12C. The number of aryl methyl sites for hydroxylation is 2. The van der Waals surface area contributed by atoms with Crippen molar-refractivity contribution in [3.05, 3.63) is 54.4 Å². The molecule has 24 atom stereocenters. The van der Waals surface area contributed by atoms with Gasteiger partial charge in [0, 0.05) is 0 Å². The lowest BCUT2D eigenvalue weighted by Gasteiger charge is -2.57. The maximum atomic E-state index is 10.9. The van der Waals surface area contributed by atoms with Crippen molar-refractivity contribution >= 4 is 0 Å². The zero-order valence-corrected chi connectivity index (χ0v) is 56.6. The summed E-state index contributed by atoms with van der Waals surface area (Å²) >= 11 is 0. The van der Waals surface area contributed by atoms with Crippen LogP contribution < -0.4 is 0 Å². The number of aromatic nitrogens is 12. The van der Waals surface area contributed by atoms with Crippen LogP contribution in [0.25, 0.3) is 0 Å². The minimum Gasteiger partial charge on any atom is -0.390 e. The smallest absolute Gasteiger partial charge is 0.171 e. The van der Waals surface area contributed by atoms with E-state index in [1.54, 1.807) is 9.59 Å². The number of fused-ring (bicyclic) bond motifs is 15. The lowest BCUT2D eigenvalue weighted by atomic mass is 9.48. The molecule has 12 saturated carbocycles. The molecule has 0 saturated heterocycles. The maximum absolute atomic E-state index is 10.9. The predicted octanol–water partition coefficient (Wildman–Crippen LogP) is 14.5. The van der Waals surface area contributed by atoms with Crippen LogP contribution in [0, 0.1) is 137 Å². The van der Waals surface area contributed by atoms with Crippen molar-refractivity contribution in [3.63, 3.8) is 0 Å². The zero-order valence-electron chi connectivity index (χ0n) is 56.6. The first-order valence-electron chi connectivity index (χ1n) is 37.0. The van der Waals surface area contributed by atoms with E-state index in [1.165, 1.54) is 158 Å². The van der Waals surface area contributed by atoms with E-state index >= 15 is 0 Å². The molecule has 3 heterocycles. The first-order valence-corrected chi connectivity index (χ1v) is 37.0. The molecule has 15 nitrogen and oxygen atoms in total. The highest BCUT2D eigenvalue weighted by molar-refractivity contribution is 5.19. The summed E-state index contributed by atoms with van der Waals surface area (Å²) in [5.74, 6) is 16.2. The van der Waals surface area contributed by atoms with E-state index in [0.29, 0.717) is 47.1 Å². The first-order chi connectivity index (χ1) is 42.6. The monoisotopic (exact) mass is 1220 g/mol. The van der Waals surface area contributed by atoms with Crippen molar-refractivity contribution in [1.29, 1.82) is 0 Å². The first kappa shape index (κ1) is 64.0. The lowest BCUT2D eigenvalue weighted by Crippen LogP contribution is -2.51. The minimum absolute atomic E-state index is 0.372. The van der Waals surface area contributed by atoms with Gasteiger partial charge in [-0.3, -0.25) is 0 Å². The molecule has 492 valence electrons. The van der Waals surface area contributed by atoms with Gasteiger partial charge in [0.25, 0.3) is 0 Å². The van der Waals surface area contributed by atoms with E-state index in [2.05, 4.69) is 108 Å². The Labute approximate surface area is 535 Å². The Balaban J connectivity index is 0.000000123. The molecular weight excluding hydrogens is 1100 g/mol. The summed E-state index contributed by atoms with van der Waals surface area (Å²) in [6.45, 7) is 33.8. The molecule has 3 N–H and O–H groups in total. The van der Waals surface area contributed by atoms with Gasteiger partial charge in [-0.25, -0.2) is 4.68 Å². The molecular formula is C74H118N12O3. The number of allylic oxidation sites excluding steroid dienone is 3. The molecule has 3 aromatic rings. The normalized spacial score (nSPS) is 45.8. The van der Waals surface area contributed by atoms with Crippen LogP contribution in [0.1, 0.15) is 246 Å². The highest BCUT2D eigenvalue weighted by Gasteiger charge is 2.62. The van der Waals surface area contributed by atoms with Crippen molar-refractivity contribution < 1.29 is 15.3 Å². The Bertz CT molecular complexity index is 2980. The molecule has 12 aliphatic rings. The van der Waals surface area contributed by atoms with Gasteiger partial charge in [0.1, 0.15) is 5.82 Å².